The number of carboxylic acids is 1. The predicted octanol–water partition coefficient (Wildman–Crippen LogP) is 2.70. The van der Waals surface area contributed by atoms with E-state index >= 15 is 0 Å². The molecule has 3 nitrogen and oxygen atoms in total. The number of benzene rings is 1. The van der Waals surface area contributed by atoms with Gasteiger partial charge < -0.3 is 10.8 Å². The fourth-order valence-corrected chi connectivity index (χ4v) is 3.58. The number of aliphatic carboxylic acids is 1. The Hall–Kier alpha value is -1.35. The zero-order valence-corrected chi connectivity index (χ0v) is 11.5. The van der Waals surface area contributed by atoms with Crippen molar-refractivity contribution in [1.29, 1.82) is 0 Å². The SMILES string of the molecule is C[C@@H]1C[C@@](CN)(CC(=O)O)C[C@H]1Cc1ccccc1. The van der Waals surface area contributed by atoms with Gasteiger partial charge in [-0.15, -0.1) is 0 Å². The molecule has 3 atom stereocenters. The highest BCUT2D eigenvalue weighted by molar-refractivity contribution is 5.67. The molecule has 1 fully saturated rings. The summed E-state index contributed by atoms with van der Waals surface area (Å²) in [6, 6.07) is 10.4. The molecule has 3 heteroatoms. The highest BCUT2D eigenvalue weighted by Crippen LogP contribution is 2.48. The van der Waals surface area contributed by atoms with Crippen molar-refractivity contribution >= 4 is 5.97 Å². The number of carbonyl (C=O) groups is 1. The molecule has 0 heterocycles. The molecule has 0 spiro atoms. The lowest BCUT2D eigenvalue weighted by molar-refractivity contribution is -0.139. The Balaban J connectivity index is 2.06. The topological polar surface area (TPSA) is 63.3 Å². The molecule has 0 unspecified atom stereocenters. The summed E-state index contributed by atoms with van der Waals surface area (Å²) in [6.45, 7) is 2.71. The molecule has 1 aliphatic carbocycles. The van der Waals surface area contributed by atoms with E-state index in [-0.39, 0.29) is 11.8 Å². The van der Waals surface area contributed by atoms with Crippen LogP contribution in [0.4, 0.5) is 0 Å². The predicted molar refractivity (Wildman–Crippen MR) is 75.8 cm³/mol. The van der Waals surface area contributed by atoms with E-state index in [1.165, 1.54) is 5.56 Å². The summed E-state index contributed by atoms with van der Waals surface area (Å²) in [5, 5.41) is 9.08. The minimum atomic E-state index is -0.724. The van der Waals surface area contributed by atoms with Crippen LogP contribution >= 0.6 is 0 Å². The maximum Gasteiger partial charge on any atom is 0.303 e. The first kappa shape index (κ1) is 14.1. The first-order valence-electron chi connectivity index (χ1n) is 7.00. The second-order valence-electron chi connectivity index (χ2n) is 6.11. The van der Waals surface area contributed by atoms with Crippen LogP contribution in [0.1, 0.15) is 31.7 Å². The zero-order chi connectivity index (χ0) is 13.9. The van der Waals surface area contributed by atoms with Crippen LogP contribution in [0.2, 0.25) is 0 Å². The molecule has 0 saturated heterocycles. The number of carboxylic acid groups (broad SMARTS) is 1. The van der Waals surface area contributed by atoms with E-state index in [0.29, 0.717) is 18.4 Å². The Bertz CT molecular complexity index is 432. The van der Waals surface area contributed by atoms with Gasteiger partial charge in [-0.2, -0.15) is 0 Å². The molecule has 1 saturated carbocycles. The second kappa shape index (κ2) is 5.74. The van der Waals surface area contributed by atoms with Crippen LogP contribution in [0.3, 0.4) is 0 Å². The molecule has 1 aromatic rings. The second-order valence-corrected chi connectivity index (χ2v) is 6.11. The summed E-state index contributed by atoms with van der Waals surface area (Å²) in [7, 11) is 0. The van der Waals surface area contributed by atoms with Gasteiger partial charge in [0.05, 0.1) is 6.42 Å². The van der Waals surface area contributed by atoms with Crippen LogP contribution in [0, 0.1) is 17.3 Å². The number of hydrogen-bond acceptors (Lipinski definition) is 2. The van der Waals surface area contributed by atoms with Gasteiger partial charge in [0.1, 0.15) is 0 Å². The highest BCUT2D eigenvalue weighted by atomic mass is 16.4. The van der Waals surface area contributed by atoms with E-state index < -0.39 is 5.97 Å². The van der Waals surface area contributed by atoms with Gasteiger partial charge in [0.2, 0.25) is 0 Å². The molecule has 0 aromatic heterocycles. The lowest BCUT2D eigenvalue weighted by atomic mass is 9.81. The Kier molecular flexibility index (Phi) is 4.25. The molecule has 0 aliphatic heterocycles. The van der Waals surface area contributed by atoms with Crippen molar-refractivity contribution in [1.82, 2.24) is 0 Å². The minimum absolute atomic E-state index is 0.190. The molecule has 1 aromatic carbocycles. The van der Waals surface area contributed by atoms with Crippen molar-refractivity contribution in [3.05, 3.63) is 35.9 Å². The molecule has 19 heavy (non-hydrogen) atoms. The van der Waals surface area contributed by atoms with Crippen molar-refractivity contribution in [3.8, 4) is 0 Å². The van der Waals surface area contributed by atoms with Crippen molar-refractivity contribution in [2.24, 2.45) is 23.0 Å². The Labute approximate surface area is 114 Å². The number of rotatable bonds is 5. The van der Waals surface area contributed by atoms with E-state index in [1.807, 2.05) is 6.07 Å². The zero-order valence-electron chi connectivity index (χ0n) is 11.5. The van der Waals surface area contributed by atoms with Gasteiger partial charge in [0.25, 0.3) is 0 Å². The molecular weight excluding hydrogens is 238 g/mol. The van der Waals surface area contributed by atoms with Gasteiger partial charge >= 0.3 is 5.97 Å². The standard InChI is InChI=1S/C16H23NO2/c1-12-8-16(11-17,10-15(18)19)9-14(12)7-13-5-3-2-4-6-13/h2-6,12,14H,7-11,17H2,1H3,(H,18,19)/t12-,14-,16+/m1/s1. The molecule has 104 valence electrons. The highest BCUT2D eigenvalue weighted by Gasteiger charge is 2.43. The van der Waals surface area contributed by atoms with E-state index in [0.717, 1.165) is 19.3 Å². The van der Waals surface area contributed by atoms with Crippen LogP contribution < -0.4 is 5.73 Å². The van der Waals surface area contributed by atoms with Gasteiger partial charge in [-0.3, -0.25) is 4.79 Å². The first-order chi connectivity index (χ1) is 9.04. The summed E-state index contributed by atoms with van der Waals surface area (Å²) in [6.07, 6.45) is 3.11. The number of hydrogen-bond donors (Lipinski definition) is 2. The average Bonchev–Trinajstić information content (AvgIpc) is 2.67. The average molecular weight is 261 g/mol. The third-order valence-corrected chi connectivity index (χ3v) is 4.55. The molecule has 0 bridgehead atoms. The molecule has 2 rings (SSSR count). The lowest BCUT2D eigenvalue weighted by Crippen LogP contribution is -2.30. The van der Waals surface area contributed by atoms with Crippen molar-refractivity contribution in [3.63, 3.8) is 0 Å². The third-order valence-electron chi connectivity index (χ3n) is 4.55. The third kappa shape index (κ3) is 3.35. The Morgan fingerprint density at radius 3 is 2.63 bits per heavy atom. The molecule has 0 radical (unpaired) electrons. The fraction of sp³-hybridized carbons (Fsp3) is 0.562. The van der Waals surface area contributed by atoms with E-state index in [4.69, 9.17) is 10.8 Å². The summed E-state index contributed by atoms with van der Waals surface area (Å²) in [5.41, 5.74) is 7.02. The van der Waals surface area contributed by atoms with Crippen LogP contribution in [-0.2, 0) is 11.2 Å². The quantitative estimate of drug-likeness (QED) is 0.856. The summed E-state index contributed by atoms with van der Waals surface area (Å²) in [5.74, 6) is 0.367. The minimum Gasteiger partial charge on any atom is -0.481 e. The summed E-state index contributed by atoms with van der Waals surface area (Å²) >= 11 is 0. The molecule has 1 aliphatic rings. The van der Waals surface area contributed by atoms with Gasteiger partial charge in [-0.1, -0.05) is 37.3 Å². The fourth-order valence-electron chi connectivity index (χ4n) is 3.58. The van der Waals surface area contributed by atoms with Crippen LogP contribution in [0.5, 0.6) is 0 Å². The van der Waals surface area contributed by atoms with E-state index in [1.54, 1.807) is 0 Å². The van der Waals surface area contributed by atoms with Gasteiger partial charge in [0, 0.05) is 0 Å². The summed E-state index contributed by atoms with van der Waals surface area (Å²) < 4.78 is 0. The Morgan fingerprint density at radius 1 is 1.37 bits per heavy atom. The van der Waals surface area contributed by atoms with Crippen LogP contribution in [-0.4, -0.2) is 17.6 Å². The van der Waals surface area contributed by atoms with E-state index in [2.05, 4.69) is 31.2 Å². The summed E-state index contributed by atoms with van der Waals surface area (Å²) in [4.78, 5) is 11.0. The lowest BCUT2D eigenvalue weighted by Gasteiger charge is -2.25. The van der Waals surface area contributed by atoms with Crippen molar-refractivity contribution in [2.75, 3.05) is 6.54 Å². The molecule has 3 N–H and O–H groups in total. The van der Waals surface area contributed by atoms with E-state index in [9.17, 15) is 4.79 Å². The Morgan fingerprint density at radius 2 is 2.05 bits per heavy atom. The number of nitrogens with two attached hydrogens (primary N) is 1. The van der Waals surface area contributed by atoms with Crippen LogP contribution in [0.15, 0.2) is 30.3 Å². The van der Waals surface area contributed by atoms with Gasteiger partial charge in [-0.25, -0.2) is 0 Å². The monoisotopic (exact) mass is 261 g/mol. The molecule has 0 amide bonds. The van der Waals surface area contributed by atoms with Crippen LogP contribution in [0.25, 0.3) is 0 Å². The first-order valence-corrected chi connectivity index (χ1v) is 7.00. The maximum absolute atomic E-state index is 11.0. The van der Waals surface area contributed by atoms with Crippen molar-refractivity contribution in [2.45, 2.75) is 32.6 Å². The maximum atomic E-state index is 11.0. The van der Waals surface area contributed by atoms with Gasteiger partial charge in [0.15, 0.2) is 0 Å². The largest absolute Gasteiger partial charge is 0.481 e. The van der Waals surface area contributed by atoms with Gasteiger partial charge in [-0.05, 0) is 48.6 Å². The normalized spacial score (nSPS) is 30.4. The molecular formula is C16H23NO2. The smallest absolute Gasteiger partial charge is 0.303 e. The van der Waals surface area contributed by atoms with Crippen molar-refractivity contribution < 1.29 is 9.90 Å².